The first-order chi connectivity index (χ1) is 15.9. The summed E-state index contributed by atoms with van der Waals surface area (Å²) in [4.78, 5) is 30.9. The number of aromatic hydroxyl groups is 1. The van der Waals surface area contributed by atoms with E-state index in [0.29, 0.717) is 23.9 Å². The third-order valence-electron chi connectivity index (χ3n) is 6.28. The molecule has 6 nitrogen and oxygen atoms in total. The summed E-state index contributed by atoms with van der Waals surface area (Å²) in [6, 6.07) is 16.4. The van der Waals surface area contributed by atoms with Crippen LogP contribution in [0.25, 0.3) is 10.9 Å². The highest BCUT2D eigenvalue weighted by molar-refractivity contribution is 6.30. The second-order valence-electron chi connectivity index (χ2n) is 8.44. The number of nitrogens with zero attached hydrogens (tertiary/aromatic N) is 1. The maximum absolute atomic E-state index is 13.4. The van der Waals surface area contributed by atoms with E-state index in [2.05, 4.69) is 11.1 Å². The molecule has 0 radical (unpaired) electrons. The molecule has 0 fully saturated rings. The van der Waals surface area contributed by atoms with Crippen LogP contribution >= 0.6 is 11.6 Å². The summed E-state index contributed by atoms with van der Waals surface area (Å²) in [5.74, 6) is -0.696. The van der Waals surface area contributed by atoms with Crippen molar-refractivity contribution < 1.29 is 14.3 Å². The molecule has 168 valence electrons. The van der Waals surface area contributed by atoms with Gasteiger partial charge in [0.2, 0.25) is 17.1 Å². The second-order valence-corrected chi connectivity index (χ2v) is 8.87. The lowest BCUT2D eigenvalue weighted by Gasteiger charge is -2.29. The average molecular weight is 463 g/mol. The molecule has 2 aromatic heterocycles. The summed E-state index contributed by atoms with van der Waals surface area (Å²) in [6.07, 6.45) is 0.818. The van der Waals surface area contributed by atoms with Gasteiger partial charge in [-0.15, -0.1) is 0 Å². The zero-order chi connectivity index (χ0) is 23.1. The largest absolute Gasteiger partial charge is 0.502 e. The van der Waals surface area contributed by atoms with Crippen LogP contribution in [0.15, 0.2) is 63.8 Å². The van der Waals surface area contributed by atoms with Gasteiger partial charge in [-0.1, -0.05) is 41.9 Å². The molecule has 0 saturated heterocycles. The molecule has 1 aliphatic rings. The van der Waals surface area contributed by atoms with E-state index in [-0.39, 0.29) is 18.1 Å². The van der Waals surface area contributed by atoms with Crippen molar-refractivity contribution in [1.29, 1.82) is 0 Å². The highest BCUT2D eigenvalue weighted by atomic mass is 35.5. The van der Waals surface area contributed by atoms with Crippen LogP contribution in [0.4, 0.5) is 0 Å². The predicted molar refractivity (Wildman–Crippen MR) is 127 cm³/mol. The minimum absolute atomic E-state index is 0.0527. The molecule has 1 atom stereocenters. The quantitative estimate of drug-likeness (QED) is 0.452. The Kier molecular flexibility index (Phi) is 5.46. The molecule has 7 heteroatoms. The van der Waals surface area contributed by atoms with Crippen molar-refractivity contribution >= 4 is 28.4 Å². The van der Waals surface area contributed by atoms with Gasteiger partial charge in [0.15, 0.2) is 5.76 Å². The number of halogens is 1. The van der Waals surface area contributed by atoms with Crippen LogP contribution in [0, 0.1) is 6.92 Å². The Balaban J connectivity index is 1.46. The molecule has 0 saturated carbocycles. The van der Waals surface area contributed by atoms with E-state index < -0.39 is 17.1 Å². The lowest BCUT2D eigenvalue weighted by molar-refractivity contribution is -0.132. The number of para-hydroxylation sites is 1. The summed E-state index contributed by atoms with van der Waals surface area (Å²) in [6.45, 7) is 2.73. The van der Waals surface area contributed by atoms with Crippen molar-refractivity contribution in [2.24, 2.45) is 0 Å². The van der Waals surface area contributed by atoms with Gasteiger partial charge in [-0.25, -0.2) is 0 Å². The van der Waals surface area contributed by atoms with Crippen LogP contribution in [-0.2, 0) is 17.8 Å². The summed E-state index contributed by atoms with van der Waals surface area (Å²) >= 11 is 6.05. The summed E-state index contributed by atoms with van der Waals surface area (Å²) in [7, 11) is 0. The van der Waals surface area contributed by atoms with E-state index in [0.717, 1.165) is 23.2 Å². The third kappa shape index (κ3) is 4.02. The van der Waals surface area contributed by atoms with Crippen molar-refractivity contribution in [2.45, 2.75) is 32.2 Å². The highest BCUT2D eigenvalue weighted by Crippen LogP contribution is 2.35. The molecule has 0 bridgehead atoms. The van der Waals surface area contributed by atoms with Gasteiger partial charge in [0.1, 0.15) is 5.76 Å². The van der Waals surface area contributed by atoms with Gasteiger partial charge in [0.25, 0.3) is 0 Å². The van der Waals surface area contributed by atoms with Gasteiger partial charge in [0.05, 0.1) is 12.5 Å². The molecule has 1 unspecified atom stereocenters. The molecule has 2 N–H and O–H groups in total. The minimum atomic E-state index is -0.619. The number of aryl methyl sites for hydroxylation is 1. The minimum Gasteiger partial charge on any atom is -0.502 e. The van der Waals surface area contributed by atoms with E-state index in [1.807, 2.05) is 23.1 Å². The Bertz CT molecular complexity index is 1400. The van der Waals surface area contributed by atoms with Crippen molar-refractivity contribution in [3.8, 4) is 5.75 Å². The van der Waals surface area contributed by atoms with Crippen molar-refractivity contribution in [3.05, 3.63) is 98.2 Å². The molecule has 33 heavy (non-hydrogen) atoms. The Morgan fingerprint density at radius 2 is 1.97 bits per heavy atom. The zero-order valence-corrected chi connectivity index (χ0v) is 18.9. The number of carbonyl (C=O) groups is 1. The van der Waals surface area contributed by atoms with E-state index in [1.54, 1.807) is 31.2 Å². The lowest BCUT2D eigenvalue weighted by atomic mass is 9.91. The molecule has 1 aliphatic heterocycles. The molecular formula is C26H23ClN2O4. The number of nitrogens with one attached hydrogen (secondary N) is 1. The fraction of sp³-hybridized carbons (Fsp3) is 0.231. The van der Waals surface area contributed by atoms with E-state index in [1.165, 1.54) is 17.0 Å². The second kappa shape index (κ2) is 8.45. The first kappa shape index (κ1) is 21.3. The number of rotatable bonds is 4. The van der Waals surface area contributed by atoms with Gasteiger partial charge in [-0.3, -0.25) is 9.59 Å². The topological polar surface area (TPSA) is 86.5 Å². The summed E-state index contributed by atoms with van der Waals surface area (Å²) in [5.41, 5.74) is 3.58. The van der Waals surface area contributed by atoms with Crippen LogP contribution in [-0.4, -0.2) is 27.4 Å². The monoisotopic (exact) mass is 462 g/mol. The lowest BCUT2D eigenvalue weighted by Crippen LogP contribution is -2.36. The van der Waals surface area contributed by atoms with E-state index in [4.69, 9.17) is 16.0 Å². The number of aromatic amines is 1. The Morgan fingerprint density at radius 1 is 1.21 bits per heavy atom. The number of hydrogen-bond acceptors (Lipinski definition) is 4. The van der Waals surface area contributed by atoms with Crippen LogP contribution in [0.5, 0.6) is 5.75 Å². The van der Waals surface area contributed by atoms with Crippen LogP contribution in [0.2, 0.25) is 5.02 Å². The van der Waals surface area contributed by atoms with Gasteiger partial charge < -0.3 is 19.4 Å². The molecule has 0 spiro atoms. The number of carbonyl (C=O) groups excluding carboxylic acids is 1. The van der Waals surface area contributed by atoms with Gasteiger partial charge >= 0.3 is 0 Å². The first-order valence-electron chi connectivity index (χ1n) is 10.9. The summed E-state index contributed by atoms with van der Waals surface area (Å²) < 4.78 is 5.76. The zero-order valence-electron chi connectivity index (χ0n) is 18.1. The molecule has 3 heterocycles. The predicted octanol–water partition coefficient (Wildman–Crippen LogP) is 4.90. The normalized spacial score (nSPS) is 14.3. The number of aromatic nitrogens is 1. The third-order valence-corrected chi connectivity index (χ3v) is 6.53. The van der Waals surface area contributed by atoms with Gasteiger partial charge in [-0.05, 0) is 42.7 Å². The fourth-order valence-electron chi connectivity index (χ4n) is 4.63. The highest BCUT2D eigenvalue weighted by Gasteiger charge is 2.30. The van der Waals surface area contributed by atoms with E-state index in [9.17, 15) is 14.7 Å². The molecule has 0 aliphatic carbocycles. The van der Waals surface area contributed by atoms with Crippen LogP contribution < -0.4 is 5.43 Å². The number of amides is 1. The average Bonchev–Trinajstić information content (AvgIpc) is 3.18. The molecular weight excluding hydrogens is 440 g/mol. The molecule has 2 aromatic carbocycles. The van der Waals surface area contributed by atoms with Crippen molar-refractivity contribution in [2.75, 3.05) is 6.54 Å². The van der Waals surface area contributed by atoms with Crippen LogP contribution in [0.1, 0.15) is 40.7 Å². The summed E-state index contributed by atoms with van der Waals surface area (Å²) in [5, 5.41) is 12.2. The Morgan fingerprint density at radius 3 is 2.76 bits per heavy atom. The molecule has 5 rings (SSSR count). The first-order valence-corrected chi connectivity index (χ1v) is 11.2. The molecule has 4 aromatic rings. The van der Waals surface area contributed by atoms with Gasteiger partial charge in [-0.2, -0.15) is 0 Å². The maximum atomic E-state index is 13.4. The number of H-pyrrole nitrogens is 1. The van der Waals surface area contributed by atoms with Gasteiger partial charge in [0, 0.05) is 40.7 Å². The molecule has 1 amide bonds. The number of fused-ring (bicyclic) bond motifs is 3. The standard InChI is InChI=1S/C26H23ClN2O4/c1-15-12-23(30)25(32)26(33-15)20(16-6-8-17(27)9-7-16)13-24(31)29-11-10-19-18-4-2-3-5-21(18)28-22(19)14-29/h2-9,12,20,28,32H,10-11,13-14H2,1H3. The maximum Gasteiger partial charge on any atom is 0.227 e. The Hall–Kier alpha value is -3.51. The smallest absolute Gasteiger partial charge is 0.227 e. The Labute approximate surface area is 195 Å². The van der Waals surface area contributed by atoms with Crippen molar-refractivity contribution in [1.82, 2.24) is 9.88 Å². The number of hydrogen-bond donors (Lipinski definition) is 2. The van der Waals surface area contributed by atoms with E-state index >= 15 is 0 Å². The number of benzene rings is 2. The van der Waals surface area contributed by atoms with Crippen molar-refractivity contribution in [3.63, 3.8) is 0 Å². The van der Waals surface area contributed by atoms with Crippen LogP contribution in [0.3, 0.4) is 0 Å². The SMILES string of the molecule is Cc1cc(=O)c(O)c(C(CC(=O)N2CCc3c([nH]c4ccccc34)C2)c2ccc(Cl)cc2)o1. The fourth-order valence-corrected chi connectivity index (χ4v) is 4.75.